The Balaban J connectivity index is 0.000000159. The van der Waals surface area contributed by atoms with Crippen molar-refractivity contribution in [2.75, 3.05) is 67.5 Å². The zero-order chi connectivity index (χ0) is 49.3. The number of imide groups is 1. The third kappa shape index (κ3) is 8.82. The van der Waals surface area contributed by atoms with Crippen molar-refractivity contribution in [3.8, 4) is 11.3 Å². The van der Waals surface area contributed by atoms with E-state index in [2.05, 4.69) is 77.9 Å². The Bertz CT molecular complexity index is 2710. The largest absolute Gasteiger partial charge is 0.366 e. The van der Waals surface area contributed by atoms with Crippen LogP contribution in [0.15, 0.2) is 48.9 Å². The number of pyridine rings is 2. The number of likely N-dealkylation sites (tertiary alicyclic amines) is 2. The van der Waals surface area contributed by atoms with Crippen LogP contribution in [0.3, 0.4) is 0 Å². The number of rotatable bonds is 10. The van der Waals surface area contributed by atoms with Gasteiger partial charge in [-0.05, 0) is 152 Å². The average molecular weight is 978 g/mol. The van der Waals surface area contributed by atoms with Crippen molar-refractivity contribution >= 4 is 58.4 Å². The van der Waals surface area contributed by atoms with Gasteiger partial charge in [-0.2, -0.15) is 0 Å². The lowest BCUT2D eigenvalue weighted by Gasteiger charge is -2.48. The van der Waals surface area contributed by atoms with Crippen molar-refractivity contribution in [2.45, 2.75) is 146 Å². The SMILES string of the molecule is CC(C)n1cnc2cc(-c3ccc4c(c3)N(C3CC(N5CCCCC5)C3)C(=O)C43CCN(C=O)CC3)nc(NC3CC3)c21.O=C1CCC(c2ccc(N3CCC(C(=O)N4CC5CC(C5)C4)CC3)nc2)C(=O)N1. The van der Waals surface area contributed by atoms with Gasteiger partial charge in [0, 0.05) is 93.2 Å². The van der Waals surface area contributed by atoms with Gasteiger partial charge in [0.15, 0.2) is 5.82 Å². The number of anilines is 3. The minimum Gasteiger partial charge on any atom is -0.366 e. The lowest BCUT2D eigenvalue weighted by atomic mass is 9.71. The minimum absolute atomic E-state index is 0.145. The molecule has 1 atom stereocenters. The third-order valence-electron chi connectivity index (χ3n) is 18.1. The highest BCUT2D eigenvalue weighted by Crippen LogP contribution is 2.52. The number of nitrogens with zero attached hydrogens (tertiary/aromatic N) is 9. The van der Waals surface area contributed by atoms with Crippen LogP contribution in [-0.4, -0.2) is 135 Å². The van der Waals surface area contributed by atoms with E-state index in [0.29, 0.717) is 56.8 Å². The normalized spacial score (nSPS) is 27.3. The maximum absolute atomic E-state index is 14.5. The van der Waals surface area contributed by atoms with Gasteiger partial charge in [-0.1, -0.05) is 24.6 Å². The Morgan fingerprint density at radius 1 is 0.833 bits per heavy atom. The molecule has 10 heterocycles. The van der Waals surface area contributed by atoms with Crippen LogP contribution < -0.4 is 20.4 Å². The fourth-order valence-electron chi connectivity index (χ4n) is 13.5. The van der Waals surface area contributed by atoms with Crippen LogP contribution in [0.2, 0.25) is 0 Å². The van der Waals surface area contributed by atoms with E-state index in [0.717, 1.165) is 121 Å². The molecule has 14 rings (SSSR count). The Morgan fingerprint density at radius 2 is 1.58 bits per heavy atom. The number of benzene rings is 1. The van der Waals surface area contributed by atoms with Crippen molar-refractivity contribution in [3.63, 3.8) is 0 Å². The molecule has 16 heteroatoms. The Labute approximate surface area is 422 Å². The number of hydrogen-bond acceptors (Lipinski definition) is 11. The molecule has 380 valence electrons. The van der Waals surface area contributed by atoms with E-state index >= 15 is 0 Å². The molecule has 2 N–H and O–H groups in total. The number of carbonyl (C=O) groups excluding carboxylic acids is 5. The van der Waals surface area contributed by atoms with E-state index in [-0.39, 0.29) is 41.6 Å². The van der Waals surface area contributed by atoms with Gasteiger partial charge in [0.2, 0.25) is 30.0 Å². The maximum atomic E-state index is 14.5. The molecule has 1 aromatic carbocycles. The van der Waals surface area contributed by atoms with Gasteiger partial charge in [-0.15, -0.1) is 0 Å². The lowest BCUT2D eigenvalue weighted by Crippen LogP contribution is -2.58. The molecule has 3 saturated carbocycles. The molecule has 9 fully saturated rings. The molecule has 3 aromatic heterocycles. The monoisotopic (exact) mass is 978 g/mol. The van der Waals surface area contributed by atoms with Crippen molar-refractivity contribution < 1.29 is 24.0 Å². The second-order valence-corrected chi connectivity index (χ2v) is 23.1. The first-order valence-corrected chi connectivity index (χ1v) is 27.4. The highest BCUT2D eigenvalue weighted by atomic mass is 16.2. The molecular weight excluding hydrogens is 907 g/mol. The number of imidazole rings is 1. The summed E-state index contributed by atoms with van der Waals surface area (Å²) in [5, 5.41) is 6.07. The average Bonchev–Trinajstić information content (AvgIpc) is 4.05. The fraction of sp³-hybridized carbons (Fsp3) is 0.607. The molecule has 10 aliphatic rings. The van der Waals surface area contributed by atoms with Gasteiger partial charge in [0.25, 0.3) is 0 Å². The summed E-state index contributed by atoms with van der Waals surface area (Å²) in [5.41, 5.74) is 6.40. The molecule has 1 spiro atoms. The summed E-state index contributed by atoms with van der Waals surface area (Å²) in [7, 11) is 0. The summed E-state index contributed by atoms with van der Waals surface area (Å²) in [4.78, 5) is 87.8. The van der Waals surface area contributed by atoms with Gasteiger partial charge >= 0.3 is 0 Å². The molecule has 5 amide bonds. The van der Waals surface area contributed by atoms with Crippen LogP contribution in [0.4, 0.5) is 17.3 Å². The van der Waals surface area contributed by atoms with E-state index in [4.69, 9.17) is 9.97 Å². The second kappa shape index (κ2) is 19.2. The van der Waals surface area contributed by atoms with E-state index < -0.39 is 5.41 Å². The Kier molecular flexibility index (Phi) is 12.6. The van der Waals surface area contributed by atoms with Crippen LogP contribution in [0.25, 0.3) is 22.3 Å². The van der Waals surface area contributed by atoms with Crippen LogP contribution in [0.1, 0.15) is 133 Å². The number of fused-ring (bicyclic) bond motifs is 5. The molecule has 2 bridgehead atoms. The third-order valence-corrected chi connectivity index (χ3v) is 18.1. The molecule has 1 unspecified atom stereocenters. The van der Waals surface area contributed by atoms with Crippen LogP contribution >= 0.6 is 0 Å². The lowest BCUT2D eigenvalue weighted by molar-refractivity contribution is -0.143. The van der Waals surface area contributed by atoms with Gasteiger partial charge in [-0.3, -0.25) is 29.3 Å². The Hall–Kier alpha value is -5.90. The standard InChI is InChI=1S/C34H43N7O2.C22H28N4O3/c1-22(2)40-20-35-29-19-28(37-32(31(29)40)36-24-7-8-24)23-6-9-27-30(16-23)41(26-17-25(18-26)39-12-4-3-5-13-39)33(43)34(27)10-14-38(21-42)15-11-34;27-20-4-2-18(21(28)24-20)17-1-3-19(23-11-17)25-7-5-16(6-8-25)22(29)26-12-14-9-15(10-14)13-26/h6,9,16,19-22,24-26H,3-5,7-8,10-15,17-18H2,1-2H3,(H,36,37);1,3,11,14-16,18H,2,4-10,12-13H2,(H,24,27,28). The van der Waals surface area contributed by atoms with Crippen LogP contribution in [0.5, 0.6) is 0 Å². The molecular formula is C56H71N11O5. The number of hydrogen-bond donors (Lipinski definition) is 2. The van der Waals surface area contributed by atoms with E-state index in [1.54, 1.807) is 6.20 Å². The van der Waals surface area contributed by atoms with Crippen molar-refractivity contribution in [1.82, 2.24) is 39.5 Å². The first-order chi connectivity index (χ1) is 35.0. The quantitative estimate of drug-likeness (QED) is 0.127. The zero-order valence-electron chi connectivity index (χ0n) is 42.1. The summed E-state index contributed by atoms with van der Waals surface area (Å²) in [6.07, 6.45) is 19.6. The molecule has 16 nitrogen and oxygen atoms in total. The van der Waals surface area contributed by atoms with Gasteiger partial charge < -0.3 is 34.4 Å². The minimum atomic E-state index is -0.546. The molecule has 6 saturated heterocycles. The number of nitrogens with one attached hydrogen (secondary N) is 2. The summed E-state index contributed by atoms with van der Waals surface area (Å²) < 4.78 is 2.20. The number of aromatic nitrogens is 4. The van der Waals surface area contributed by atoms with Crippen molar-refractivity contribution in [2.24, 2.45) is 17.8 Å². The highest BCUT2D eigenvalue weighted by molar-refractivity contribution is 6.09. The predicted octanol–water partition coefficient (Wildman–Crippen LogP) is 6.79. The summed E-state index contributed by atoms with van der Waals surface area (Å²) >= 11 is 0. The summed E-state index contributed by atoms with van der Waals surface area (Å²) in [6, 6.07) is 14.1. The van der Waals surface area contributed by atoms with Crippen molar-refractivity contribution in [1.29, 1.82) is 0 Å². The topological polar surface area (TPSA) is 169 Å². The van der Waals surface area contributed by atoms with E-state index in [9.17, 15) is 24.0 Å². The van der Waals surface area contributed by atoms with E-state index in [1.165, 1.54) is 58.0 Å². The second-order valence-electron chi connectivity index (χ2n) is 23.1. The van der Waals surface area contributed by atoms with Gasteiger partial charge in [-0.25, -0.2) is 15.0 Å². The van der Waals surface area contributed by atoms with Crippen LogP contribution in [0, 0.1) is 17.8 Å². The first kappa shape index (κ1) is 47.1. The summed E-state index contributed by atoms with van der Waals surface area (Å²) in [6.45, 7) is 11.6. The number of carbonyl (C=O) groups is 5. The molecule has 7 aliphatic heterocycles. The van der Waals surface area contributed by atoms with Crippen LogP contribution in [-0.2, 0) is 29.4 Å². The van der Waals surface area contributed by atoms with E-state index in [1.807, 2.05) is 23.4 Å². The predicted molar refractivity (Wildman–Crippen MR) is 275 cm³/mol. The molecule has 4 aromatic rings. The maximum Gasteiger partial charge on any atom is 0.238 e. The Morgan fingerprint density at radius 3 is 2.25 bits per heavy atom. The number of piperidine rings is 6. The first-order valence-electron chi connectivity index (χ1n) is 27.4. The smallest absolute Gasteiger partial charge is 0.238 e. The zero-order valence-corrected chi connectivity index (χ0v) is 42.1. The van der Waals surface area contributed by atoms with Crippen molar-refractivity contribution in [3.05, 3.63) is 60.0 Å². The molecule has 72 heavy (non-hydrogen) atoms. The molecule has 3 aliphatic carbocycles. The summed E-state index contributed by atoms with van der Waals surface area (Å²) in [5.74, 6) is 3.32. The fourth-order valence-corrected chi connectivity index (χ4v) is 13.5. The molecule has 0 radical (unpaired) electrons. The van der Waals surface area contributed by atoms with Gasteiger partial charge in [0.05, 0.1) is 28.9 Å². The highest BCUT2D eigenvalue weighted by Gasteiger charge is 2.55. The number of amides is 5. The van der Waals surface area contributed by atoms with Gasteiger partial charge in [0.1, 0.15) is 11.3 Å².